The van der Waals surface area contributed by atoms with E-state index in [9.17, 15) is 33.6 Å². The number of carbonyl (C=O) groups excluding carboxylic acids is 5. The van der Waals surface area contributed by atoms with E-state index >= 15 is 0 Å². The molecule has 0 aliphatic heterocycles. The van der Waals surface area contributed by atoms with Gasteiger partial charge in [0.05, 0.1) is 32.0 Å². The van der Waals surface area contributed by atoms with Crippen molar-refractivity contribution < 1.29 is 43.8 Å². The summed E-state index contributed by atoms with van der Waals surface area (Å²) in [5, 5.41) is 14.3. The number of hydrogen-bond acceptors (Lipinski definition) is 10. The highest BCUT2D eigenvalue weighted by Crippen LogP contribution is 2.14. The summed E-state index contributed by atoms with van der Waals surface area (Å²) in [5.41, 5.74) is 13.4. The summed E-state index contributed by atoms with van der Waals surface area (Å²) in [6, 6.07) is 12.0. The van der Waals surface area contributed by atoms with Gasteiger partial charge in [-0.25, -0.2) is 0 Å². The molecule has 2 unspecified atom stereocenters. The van der Waals surface area contributed by atoms with Crippen LogP contribution in [0.1, 0.15) is 43.2 Å². The summed E-state index contributed by atoms with van der Waals surface area (Å²) in [6.07, 6.45) is 3.48. The van der Waals surface area contributed by atoms with Gasteiger partial charge in [-0.1, -0.05) is 60.1 Å². The average molecular weight is 714 g/mol. The Labute approximate surface area is 290 Å². The van der Waals surface area contributed by atoms with Gasteiger partial charge in [-0.2, -0.15) is 0 Å². The van der Waals surface area contributed by atoms with Crippen molar-refractivity contribution in [2.24, 2.45) is 11.5 Å². The minimum absolute atomic E-state index is 0. The number of aromatic hydroxyl groups is 1. The van der Waals surface area contributed by atoms with Crippen molar-refractivity contribution in [2.75, 3.05) is 32.2 Å². The zero-order valence-electron chi connectivity index (χ0n) is 27.2. The monoisotopic (exact) mass is 713 g/mol. The second-order valence-corrected chi connectivity index (χ2v) is 12.5. The number of imide groups is 1. The van der Waals surface area contributed by atoms with Crippen LogP contribution in [0, 0.1) is 0 Å². The van der Waals surface area contributed by atoms with Crippen LogP contribution in [0.5, 0.6) is 5.75 Å². The fourth-order valence-corrected chi connectivity index (χ4v) is 5.15. The van der Waals surface area contributed by atoms with Crippen molar-refractivity contribution in [1.29, 1.82) is 0 Å². The fourth-order valence-electron chi connectivity index (χ4n) is 4.56. The standard InChI is InChI=1S/C32H45N5O8S.ClH.H2O/c1-45-29(40)11-7-4-8-17-37(28(39)21-35-30(41)26(34)19-23-12-14-24(38)15-13-23)27(20-22-9-5-3-6-10-22)32(43)36-31(42)25(33)16-18-46(2)44;;/h3,5-6,9-10,12-15,25-27,38H,4,7-8,11,16-21,33-34H2,1-2H3,(H,35,41)(H,36,42,43);1H;1H2/t25?,26-,27-,46?;;/m0../s1. The van der Waals surface area contributed by atoms with E-state index in [1.165, 1.54) is 30.4 Å². The molecule has 0 aliphatic carbocycles. The Hall–Kier alpha value is -3.73. The summed E-state index contributed by atoms with van der Waals surface area (Å²) >= 11 is -1.18. The number of methoxy groups -OCH3 is 1. The number of phenols is 1. The third-order valence-corrected chi connectivity index (χ3v) is 8.03. The van der Waals surface area contributed by atoms with Gasteiger partial charge in [-0.15, -0.1) is 12.4 Å². The molecule has 48 heavy (non-hydrogen) atoms. The van der Waals surface area contributed by atoms with Crippen LogP contribution in [0.25, 0.3) is 0 Å². The fraction of sp³-hybridized carbons (Fsp3) is 0.469. The highest BCUT2D eigenvalue weighted by molar-refractivity contribution is 7.90. The van der Waals surface area contributed by atoms with E-state index in [0.29, 0.717) is 24.8 Å². The SMILES string of the molecule is COC(=O)CCCCCN(C(=O)CNC(=O)[C@@H](N)Cc1ccc(O)cc1)[C@@H](Cc1ccccc1)C(=O)NC(=O)C(N)CC[S+](C)[O-].Cl.O. The number of nitrogens with one attached hydrogen (secondary N) is 2. The Bertz CT molecular complexity index is 1290. The van der Waals surface area contributed by atoms with E-state index in [1.54, 1.807) is 42.5 Å². The minimum atomic E-state index is -1.18. The lowest BCUT2D eigenvalue weighted by Crippen LogP contribution is -2.56. The topological polar surface area (TPSA) is 249 Å². The van der Waals surface area contributed by atoms with Crippen LogP contribution in [-0.2, 0) is 52.7 Å². The van der Waals surface area contributed by atoms with E-state index in [2.05, 4.69) is 15.4 Å². The summed E-state index contributed by atoms with van der Waals surface area (Å²) in [4.78, 5) is 65.7. The van der Waals surface area contributed by atoms with E-state index in [-0.39, 0.29) is 67.6 Å². The maximum absolute atomic E-state index is 13.7. The lowest BCUT2D eigenvalue weighted by atomic mass is 10.0. The van der Waals surface area contributed by atoms with Crippen molar-refractivity contribution in [1.82, 2.24) is 15.5 Å². The number of esters is 1. The van der Waals surface area contributed by atoms with Crippen LogP contribution in [0.15, 0.2) is 54.6 Å². The molecule has 16 heteroatoms. The van der Waals surface area contributed by atoms with Gasteiger partial charge in [0.2, 0.25) is 23.6 Å². The number of unbranched alkanes of at least 4 members (excludes halogenated alkanes) is 2. The third-order valence-electron chi connectivity index (χ3n) is 7.22. The quantitative estimate of drug-likeness (QED) is 0.0734. The molecule has 14 nitrogen and oxygen atoms in total. The van der Waals surface area contributed by atoms with E-state index < -0.39 is 59.5 Å². The summed E-state index contributed by atoms with van der Waals surface area (Å²) < 4.78 is 16.1. The first kappa shape index (κ1) is 44.3. The molecule has 9 N–H and O–H groups in total. The van der Waals surface area contributed by atoms with Crippen molar-refractivity contribution in [2.45, 2.75) is 63.1 Å². The number of rotatable bonds is 19. The van der Waals surface area contributed by atoms with Gasteiger partial charge < -0.3 is 41.6 Å². The molecule has 0 fully saturated rings. The molecule has 2 rings (SSSR count). The largest absolute Gasteiger partial charge is 0.617 e. The number of hydrogen-bond donors (Lipinski definition) is 5. The van der Waals surface area contributed by atoms with E-state index in [0.717, 1.165) is 5.56 Å². The van der Waals surface area contributed by atoms with Crippen LogP contribution in [0.2, 0.25) is 0 Å². The van der Waals surface area contributed by atoms with Crippen LogP contribution >= 0.6 is 12.4 Å². The van der Waals surface area contributed by atoms with Gasteiger partial charge in [0.1, 0.15) is 17.5 Å². The van der Waals surface area contributed by atoms with Gasteiger partial charge in [-0.3, -0.25) is 29.3 Å². The Kier molecular flexibility index (Phi) is 21.7. The molecule has 4 atom stereocenters. The first-order valence-corrected chi connectivity index (χ1v) is 16.8. The molecule has 2 aromatic carbocycles. The normalized spacial score (nSPS) is 12.9. The summed E-state index contributed by atoms with van der Waals surface area (Å²) in [7, 11) is 1.30. The molecule has 4 amide bonds. The predicted molar refractivity (Wildman–Crippen MR) is 184 cm³/mol. The molecule has 0 aromatic heterocycles. The first-order valence-electron chi connectivity index (χ1n) is 15.0. The number of phenolic OH excluding ortho intramolecular Hbond substituents is 1. The zero-order chi connectivity index (χ0) is 34.1. The Morgan fingerprint density at radius 3 is 2.12 bits per heavy atom. The molecule has 0 heterocycles. The second-order valence-electron chi connectivity index (χ2n) is 10.9. The van der Waals surface area contributed by atoms with Crippen molar-refractivity contribution in [3.8, 4) is 5.75 Å². The predicted octanol–water partition coefficient (Wildman–Crippen LogP) is -0.113. The Balaban J connectivity index is 0.0000110. The number of ether oxygens (including phenoxy) is 1. The lowest BCUT2D eigenvalue weighted by Gasteiger charge is -2.31. The minimum Gasteiger partial charge on any atom is -0.617 e. The Morgan fingerprint density at radius 1 is 0.896 bits per heavy atom. The molecule has 0 saturated carbocycles. The van der Waals surface area contributed by atoms with Crippen molar-refractivity contribution >= 4 is 53.2 Å². The molecule has 0 bridgehead atoms. The number of nitrogens with zero attached hydrogens (tertiary/aromatic N) is 1. The maximum atomic E-state index is 13.7. The van der Waals surface area contributed by atoms with Gasteiger partial charge in [-0.05, 0) is 42.5 Å². The average Bonchev–Trinajstić information content (AvgIpc) is 3.04. The van der Waals surface area contributed by atoms with Crippen LogP contribution < -0.4 is 22.1 Å². The maximum Gasteiger partial charge on any atom is 0.305 e. The van der Waals surface area contributed by atoms with Gasteiger partial charge in [0.15, 0.2) is 0 Å². The van der Waals surface area contributed by atoms with Gasteiger partial charge >= 0.3 is 5.97 Å². The number of halogens is 1. The van der Waals surface area contributed by atoms with E-state index in [4.69, 9.17) is 11.5 Å². The zero-order valence-corrected chi connectivity index (χ0v) is 28.9. The second kappa shape index (κ2) is 23.6. The molecule has 0 saturated heterocycles. The molecule has 0 radical (unpaired) electrons. The highest BCUT2D eigenvalue weighted by atomic mass is 35.5. The Morgan fingerprint density at radius 2 is 1.52 bits per heavy atom. The molecular weight excluding hydrogens is 666 g/mol. The lowest BCUT2D eigenvalue weighted by molar-refractivity contribution is -0.143. The molecule has 268 valence electrons. The van der Waals surface area contributed by atoms with Crippen molar-refractivity contribution in [3.05, 3.63) is 65.7 Å². The number of nitrogens with two attached hydrogens (primary N) is 2. The van der Waals surface area contributed by atoms with Gasteiger partial charge in [0, 0.05) is 25.8 Å². The van der Waals surface area contributed by atoms with Crippen LogP contribution in [-0.4, -0.2) is 100.0 Å². The van der Waals surface area contributed by atoms with Crippen molar-refractivity contribution in [3.63, 3.8) is 0 Å². The molecular formula is C32H48ClN5O9S. The van der Waals surface area contributed by atoms with Crippen LogP contribution in [0.3, 0.4) is 0 Å². The number of carbonyl (C=O) groups is 5. The van der Waals surface area contributed by atoms with E-state index in [1.807, 2.05) is 0 Å². The van der Waals surface area contributed by atoms with Gasteiger partial charge in [0.25, 0.3) is 0 Å². The summed E-state index contributed by atoms with van der Waals surface area (Å²) in [6.45, 7) is -0.367. The highest BCUT2D eigenvalue weighted by Gasteiger charge is 2.32. The third kappa shape index (κ3) is 16.4. The number of benzene rings is 2. The molecule has 2 aromatic rings. The van der Waals surface area contributed by atoms with Crippen LogP contribution in [0.4, 0.5) is 0 Å². The number of amides is 4. The smallest absolute Gasteiger partial charge is 0.305 e. The first-order chi connectivity index (χ1) is 21.9. The molecule has 0 spiro atoms. The molecule has 0 aliphatic rings. The summed E-state index contributed by atoms with van der Waals surface area (Å²) in [5.74, 6) is -2.77.